The third-order valence-electron chi connectivity index (χ3n) is 21.9. The molecule has 3 unspecified atom stereocenters. The van der Waals surface area contributed by atoms with Crippen LogP contribution in [0.2, 0.25) is 0 Å². The standard InChI is InChI=1S/C81H107N21O11S3/c1-99-74-54-24-7-6-23-53(54)73(95-74)98-77-68-57(76-97-72-52-22-5-4-21-51(52)71(94-72)96-75-55-25-8-9-26-56(55)78(99)102(75)116(109)101(76)77)27-19-28-60(68)112-41-20-42-113-81(108)89-38-14-2-3-31-65(105)88-39-43-110-45-46-111-44-40-100(47-66(106)86-36-17-15-34-84-63(103)32-12-10-29-61-69-58(49-114-61)90-79(82)92-69)48-67(107)87-37-18-16-35-85-64(104)33-13-11-30-62-70-59(50-115-62)91-80(83)93-70/h4-9,19,21-28,58-59,61-62,69-70,75,78,109H,2-3,10-18,20,29-50H2,1H3,(H12-,82,83,84,85,86,87,88,89,90,91,92,93,94,95,96,97,103,104,105,106,107,108)/p+1/t58-,59-,61-,62-,69-,70-,75?,78?,116?/m0/s1. The van der Waals surface area contributed by atoms with Gasteiger partial charge in [0.25, 0.3) is 0 Å². The van der Waals surface area contributed by atoms with Crippen molar-refractivity contribution in [1.82, 2.24) is 65.6 Å². The highest BCUT2D eigenvalue weighted by Gasteiger charge is 2.56. The maximum atomic E-state index is 13.3. The Morgan fingerprint density at radius 2 is 1.09 bits per heavy atom. The van der Waals surface area contributed by atoms with Crippen LogP contribution in [-0.2, 0) is 49.7 Å². The predicted molar refractivity (Wildman–Crippen MR) is 452 cm³/mol. The fourth-order valence-corrected chi connectivity index (χ4v) is 20.6. The highest BCUT2D eigenvalue weighted by atomic mass is 32.2. The summed E-state index contributed by atoms with van der Waals surface area (Å²) in [5.74, 6) is 5.15. The maximum absolute atomic E-state index is 13.3. The fourth-order valence-electron chi connectivity index (χ4n) is 16.1. The Kier molecular flexibility index (Phi) is 29.0. The first kappa shape index (κ1) is 83.0. The van der Waals surface area contributed by atoms with Gasteiger partial charge >= 0.3 is 17.6 Å². The van der Waals surface area contributed by atoms with Gasteiger partial charge in [-0.2, -0.15) is 23.5 Å². The number of carbonyl (C=O) groups is 6. The summed E-state index contributed by atoms with van der Waals surface area (Å²) >= 11 is 2.10. The number of alkyl carbamates (subject to hydrolysis) is 1. The second-order valence-corrected chi connectivity index (χ2v) is 34.0. The average Bonchev–Trinajstić information content (AvgIpc) is 1.55. The topological polar surface area (TPSA) is 412 Å². The molecule has 9 atom stereocenters. The van der Waals surface area contributed by atoms with E-state index in [-0.39, 0.29) is 94.4 Å². The molecule has 0 saturated carbocycles. The van der Waals surface area contributed by atoms with Gasteiger partial charge in [-0.25, -0.2) is 34.7 Å². The summed E-state index contributed by atoms with van der Waals surface area (Å²) in [7, 11) is 2.00. The molecule has 6 aromatic rings. The summed E-state index contributed by atoms with van der Waals surface area (Å²) in [5, 5.41) is 28.1. The number of nitrogens with one attached hydrogen (secondary N) is 9. The van der Waals surface area contributed by atoms with E-state index in [2.05, 4.69) is 74.5 Å². The van der Waals surface area contributed by atoms with Crippen molar-refractivity contribution in [2.45, 2.75) is 156 Å². The number of nitrogens with two attached hydrogens (primary N) is 2. The molecule has 10 heterocycles. The molecule has 4 aromatic carbocycles. The van der Waals surface area contributed by atoms with Gasteiger partial charge in [-0.15, -0.1) is 4.55 Å². The lowest BCUT2D eigenvalue weighted by Crippen LogP contribution is -2.45. The molecule has 6 bridgehead atoms. The highest BCUT2D eigenvalue weighted by molar-refractivity contribution is 8.00. The second kappa shape index (κ2) is 40.6. The Hall–Kier alpha value is -9.49. The zero-order valence-corrected chi connectivity index (χ0v) is 68.2. The lowest BCUT2D eigenvalue weighted by molar-refractivity contribution is -0.126. The predicted octanol–water partition coefficient (Wildman–Crippen LogP) is 5.47. The van der Waals surface area contributed by atoms with Crippen molar-refractivity contribution in [3.63, 3.8) is 0 Å². The lowest BCUT2D eigenvalue weighted by atomic mass is 10.0. The molecule has 2 aromatic heterocycles. The second-order valence-electron chi connectivity index (χ2n) is 30.2. The smallest absolute Gasteiger partial charge is 0.407 e. The molecule has 8 aliphatic rings. The van der Waals surface area contributed by atoms with Gasteiger partial charge in [-0.3, -0.25) is 28.9 Å². The average molecular weight is 1650 g/mol. The molecule has 2 fully saturated rings. The Morgan fingerprint density at radius 3 is 1.75 bits per heavy atom. The molecule has 6 amide bonds. The largest absolute Gasteiger partial charge is 0.493 e. The number of aromatic nitrogens is 2. The SMILES string of the molecule is CN1C2=NC(=Nc3c4c(OCCCOC(=O)NCCCCCC(=O)NCCOCCOCCN(CC(=O)NCCCCNC(=O)CCCC[C@@H]5SC[C@@H]6NC(N)=N[C@@H]65)CC(=O)NCCCCNC(=O)CCCC[C@@H]5SC[C@@H]6NC(N)=N[C@@H]65)cccc4c4n3[S+](O)N3C(N=c5[nH]c(c6ccccc56)=N4)c4ccccc4C13)c1ccccc12. The van der Waals surface area contributed by atoms with E-state index in [0.717, 1.165) is 83.1 Å². The number of amides is 6. The van der Waals surface area contributed by atoms with Crippen molar-refractivity contribution in [3.8, 4) is 5.75 Å². The number of benzene rings is 4. The Labute approximate surface area is 686 Å². The van der Waals surface area contributed by atoms with Crippen LogP contribution in [0, 0.1) is 0 Å². The van der Waals surface area contributed by atoms with Crippen LogP contribution in [0.15, 0.2) is 121 Å². The summed E-state index contributed by atoms with van der Waals surface area (Å²) in [5.41, 5.74) is 16.7. The van der Waals surface area contributed by atoms with Crippen molar-refractivity contribution in [2.24, 2.45) is 41.4 Å². The first-order valence-electron chi connectivity index (χ1n) is 40.9. The number of ether oxygens (including phenoxy) is 4. The number of carbonyl (C=O) groups excluding carboxylic acids is 6. The van der Waals surface area contributed by atoms with Gasteiger partial charge in [0.2, 0.25) is 29.5 Å². The van der Waals surface area contributed by atoms with Crippen LogP contribution in [-0.4, -0.2) is 239 Å². The van der Waals surface area contributed by atoms with Crippen molar-refractivity contribution in [1.29, 1.82) is 0 Å². The van der Waals surface area contributed by atoms with Gasteiger partial charge < -0.3 is 82.8 Å². The third kappa shape index (κ3) is 20.7. The highest BCUT2D eigenvalue weighted by Crippen LogP contribution is 2.52. The van der Waals surface area contributed by atoms with Crippen molar-refractivity contribution in [3.05, 3.63) is 124 Å². The zero-order valence-electron chi connectivity index (χ0n) is 65.7. The molecule has 0 radical (unpaired) electrons. The summed E-state index contributed by atoms with van der Waals surface area (Å²) in [6.45, 7) is 4.22. The number of rotatable bonds is 44. The number of nitrogens with zero attached hydrogens (tertiary/aromatic N) is 10. The molecule has 32 nitrogen and oxygen atoms in total. The number of hydrogen-bond donors (Lipinski definition) is 12. The lowest BCUT2D eigenvalue weighted by Gasteiger charge is -2.31. The van der Waals surface area contributed by atoms with Gasteiger partial charge in [0.1, 0.15) is 22.6 Å². The Balaban J connectivity index is 0.468. The molecule has 0 spiro atoms. The monoisotopic (exact) mass is 1650 g/mol. The minimum absolute atomic E-state index is 0.0158. The Morgan fingerprint density at radius 1 is 0.543 bits per heavy atom. The number of unbranched alkanes of at least 4 members (excludes halogenated alkanes) is 6. The fraction of sp³-hybridized carbons (Fsp3) is 0.531. The normalized spacial score (nSPS) is 21.0. The molecule has 14 N–H and O–H groups in total. The van der Waals surface area contributed by atoms with Crippen LogP contribution < -0.4 is 69.7 Å². The summed E-state index contributed by atoms with van der Waals surface area (Å²) in [6.07, 6.45) is 10.2. The number of guanidine groups is 2. The van der Waals surface area contributed by atoms with Crippen LogP contribution in [0.3, 0.4) is 0 Å². The minimum Gasteiger partial charge on any atom is -0.493 e. The van der Waals surface area contributed by atoms with Crippen LogP contribution in [0.25, 0.3) is 21.5 Å². The van der Waals surface area contributed by atoms with Crippen molar-refractivity contribution in [2.75, 3.05) is 117 Å². The molecule has 14 rings (SSSR count). The van der Waals surface area contributed by atoms with Gasteiger partial charge in [0.05, 0.1) is 82.3 Å². The number of aromatic amines is 1. The van der Waals surface area contributed by atoms with E-state index in [1.807, 2.05) is 114 Å². The first-order valence-corrected chi connectivity index (χ1v) is 44.1. The quantitative estimate of drug-likeness (QED) is 0.0167. The molecule has 0 aliphatic carbocycles. The van der Waals surface area contributed by atoms with Crippen LogP contribution in [0.5, 0.6) is 5.75 Å². The van der Waals surface area contributed by atoms with Gasteiger partial charge in [-0.1, -0.05) is 108 Å². The first-order chi connectivity index (χ1) is 56.7. The molecule has 620 valence electrons. The summed E-state index contributed by atoms with van der Waals surface area (Å²) in [6, 6.07) is 31.1. The van der Waals surface area contributed by atoms with E-state index in [1.165, 1.54) is 0 Å². The number of aliphatic imine (C=N–C) groups is 4. The van der Waals surface area contributed by atoms with Crippen molar-refractivity contribution >= 4 is 127 Å². The molecule has 2 saturated heterocycles. The molecule has 116 heavy (non-hydrogen) atoms. The van der Waals surface area contributed by atoms with E-state index < -0.39 is 30.0 Å². The third-order valence-corrected chi connectivity index (χ3v) is 26.3. The van der Waals surface area contributed by atoms with Crippen LogP contribution in [0.4, 0.5) is 16.4 Å². The van der Waals surface area contributed by atoms with Gasteiger partial charge in [0.15, 0.2) is 41.7 Å². The number of fused-ring (bicyclic) bond motifs is 17. The molecular weight excluding hydrogens is 1540 g/mol. The minimum atomic E-state index is -1.75. The van der Waals surface area contributed by atoms with Gasteiger partial charge in [-0.05, 0) is 74.6 Å². The molecular formula is C81H108N21O11S3+. The van der Waals surface area contributed by atoms with E-state index in [0.29, 0.717) is 202 Å². The van der Waals surface area contributed by atoms with Crippen LogP contribution in [0.1, 0.15) is 144 Å². The maximum Gasteiger partial charge on any atom is 0.407 e. The molecule has 8 aliphatic heterocycles. The molecule has 35 heteroatoms. The number of hydrogen-bond acceptors (Lipinski definition) is 26. The summed E-state index contributed by atoms with van der Waals surface area (Å²) in [4.78, 5) is 115. The number of amidine groups is 2. The van der Waals surface area contributed by atoms with E-state index in [9.17, 15) is 33.3 Å². The number of thioether (sulfide) groups is 2. The zero-order chi connectivity index (χ0) is 80.3. The Bertz CT molecular complexity index is 4660. The van der Waals surface area contributed by atoms with Crippen LogP contribution >= 0.6 is 23.5 Å². The van der Waals surface area contributed by atoms with E-state index in [4.69, 9.17) is 50.4 Å². The van der Waals surface area contributed by atoms with E-state index in [1.54, 1.807) is 8.87 Å². The van der Waals surface area contributed by atoms with Crippen molar-refractivity contribution < 1.29 is 52.3 Å². The summed E-state index contributed by atoms with van der Waals surface area (Å²) < 4.78 is 40.9. The number of H-pyrrole nitrogens is 1. The van der Waals surface area contributed by atoms with E-state index >= 15 is 0 Å². The van der Waals surface area contributed by atoms with Gasteiger partial charge in [0, 0.05) is 139 Å².